The molecule has 134 valence electrons. The number of nitrogens with one attached hydrogen (secondary N) is 1. The van der Waals surface area contributed by atoms with Gasteiger partial charge in [0.25, 0.3) is 5.91 Å². The van der Waals surface area contributed by atoms with E-state index in [1.807, 2.05) is 31.2 Å². The third-order valence-corrected chi connectivity index (χ3v) is 4.46. The Balaban J connectivity index is 1.65. The van der Waals surface area contributed by atoms with E-state index in [0.717, 1.165) is 28.5 Å². The normalized spacial score (nSPS) is 10.4. The summed E-state index contributed by atoms with van der Waals surface area (Å²) in [6.07, 6.45) is 0.940. The molecule has 0 fully saturated rings. The van der Waals surface area contributed by atoms with Crippen LogP contribution in [0.15, 0.2) is 48.5 Å². The van der Waals surface area contributed by atoms with Crippen molar-refractivity contribution in [3.8, 4) is 22.1 Å². The number of rotatable bonds is 7. The SMILES string of the molecule is CCCOc1ccc(C(=O)Nc2nnc(-c3ccc(OC)cc3)s2)cc1. The minimum atomic E-state index is -0.232. The lowest BCUT2D eigenvalue weighted by Gasteiger charge is -2.05. The summed E-state index contributed by atoms with van der Waals surface area (Å²) in [7, 11) is 1.62. The van der Waals surface area contributed by atoms with Crippen molar-refractivity contribution in [1.82, 2.24) is 10.2 Å². The summed E-state index contributed by atoms with van der Waals surface area (Å²) in [6.45, 7) is 2.70. The van der Waals surface area contributed by atoms with Crippen molar-refractivity contribution in [3.05, 3.63) is 54.1 Å². The van der Waals surface area contributed by atoms with Gasteiger partial charge in [0.15, 0.2) is 0 Å². The standard InChI is InChI=1S/C19H19N3O3S/c1-3-12-25-16-10-4-13(5-11-16)17(23)20-19-22-21-18(26-19)14-6-8-15(24-2)9-7-14/h4-11H,3,12H2,1-2H3,(H,20,22,23). The van der Waals surface area contributed by atoms with Crippen LogP contribution in [-0.4, -0.2) is 29.8 Å². The van der Waals surface area contributed by atoms with Gasteiger partial charge in [-0.1, -0.05) is 18.3 Å². The zero-order valence-electron chi connectivity index (χ0n) is 14.6. The highest BCUT2D eigenvalue weighted by Gasteiger charge is 2.11. The summed E-state index contributed by atoms with van der Waals surface area (Å²) in [4.78, 5) is 12.3. The minimum Gasteiger partial charge on any atom is -0.497 e. The second-order valence-corrected chi connectivity index (χ2v) is 6.45. The molecule has 1 aromatic heterocycles. The molecule has 0 aliphatic rings. The Morgan fingerprint density at radius 3 is 2.38 bits per heavy atom. The third-order valence-electron chi connectivity index (χ3n) is 3.57. The van der Waals surface area contributed by atoms with E-state index in [2.05, 4.69) is 15.5 Å². The molecule has 7 heteroatoms. The fraction of sp³-hybridized carbons (Fsp3) is 0.211. The number of methoxy groups -OCH3 is 1. The minimum absolute atomic E-state index is 0.232. The largest absolute Gasteiger partial charge is 0.497 e. The van der Waals surface area contributed by atoms with Crippen LogP contribution in [0, 0.1) is 0 Å². The van der Waals surface area contributed by atoms with Crippen LogP contribution in [0.2, 0.25) is 0 Å². The van der Waals surface area contributed by atoms with Crippen molar-refractivity contribution >= 4 is 22.4 Å². The molecule has 0 aliphatic heterocycles. The average Bonchev–Trinajstić information content (AvgIpc) is 3.15. The van der Waals surface area contributed by atoms with E-state index in [1.54, 1.807) is 31.4 Å². The number of aromatic nitrogens is 2. The molecule has 3 rings (SSSR count). The van der Waals surface area contributed by atoms with Crippen molar-refractivity contribution in [3.63, 3.8) is 0 Å². The number of benzene rings is 2. The van der Waals surface area contributed by atoms with Crippen molar-refractivity contribution in [2.24, 2.45) is 0 Å². The van der Waals surface area contributed by atoms with Gasteiger partial charge in [0.2, 0.25) is 5.13 Å². The predicted octanol–water partition coefficient (Wildman–Crippen LogP) is 4.25. The Morgan fingerprint density at radius 1 is 1.04 bits per heavy atom. The van der Waals surface area contributed by atoms with Gasteiger partial charge in [-0.15, -0.1) is 10.2 Å². The maximum atomic E-state index is 12.3. The van der Waals surface area contributed by atoms with Gasteiger partial charge in [-0.05, 0) is 55.0 Å². The van der Waals surface area contributed by atoms with Crippen molar-refractivity contribution < 1.29 is 14.3 Å². The predicted molar refractivity (Wildman–Crippen MR) is 102 cm³/mol. The number of anilines is 1. The molecular weight excluding hydrogens is 350 g/mol. The van der Waals surface area contributed by atoms with Crippen LogP contribution in [0.1, 0.15) is 23.7 Å². The smallest absolute Gasteiger partial charge is 0.257 e. The number of nitrogens with zero attached hydrogens (tertiary/aromatic N) is 2. The number of carbonyl (C=O) groups excluding carboxylic acids is 1. The maximum Gasteiger partial charge on any atom is 0.257 e. The second-order valence-electron chi connectivity index (χ2n) is 5.47. The number of ether oxygens (including phenoxy) is 2. The van der Waals surface area contributed by atoms with Crippen molar-refractivity contribution in [2.75, 3.05) is 19.0 Å². The first-order valence-electron chi connectivity index (χ1n) is 8.21. The molecule has 26 heavy (non-hydrogen) atoms. The summed E-state index contributed by atoms with van der Waals surface area (Å²) in [5.41, 5.74) is 1.45. The van der Waals surface area contributed by atoms with Crippen molar-refractivity contribution in [2.45, 2.75) is 13.3 Å². The Hall–Kier alpha value is -2.93. The molecule has 0 unspecified atom stereocenters. The van der Waals surface area contributed by atoms with E-state index in [4.69, 9.17) is 9.47 Å². The molecule has 0 aliphatic carbocycles. The van der Waals surface area contributed by atoms with E-state index in [0.29, 0.717) is 17.3 Å². The molecule has 0 atom stereocenters. The monoisotopic (exact) mass is 369 g/mol. The summed E-state index contributed by atoms with van der Waals surface area (Å²) in [6, 6.07) is 14.5. The lowest BCUT2D eigenvalue weighted by Crippen LogP contribution is -2.11. The maximum absolute atomic E-state index is 12.3. The van der Waals surface area contributed by atoms with Crippen LogP contribution >= 0.6 is 11.3 Å². The van der Waals surface area contributed by atoms with Crippen LogP contribution in [0.5, 0.6) is 11.5 Å². The number of amides is 1. The average molecular weight is 369 g/mol. The van der Waals surface area contributed by atoms with E-state index in [1.165, 1.54) is 11.3 Å². The molecule has 0 bridgehead atoms. The quantitative estimate of drug-likeness (QED) is 0.674. The topological polar surface area (TPSA) is 73.3 Å². The Bertz CT molecular complexity index is 860. The van der Waals surface area contributed by atoms with Crippen molar-refractivity contribution in [1.29, 1.82) is 0 Å². The first-order chi connectivity index (χ1) is 12.7. The van der Waals surface area contributed by atoms with E-state index < -0.39 is 0 Å². The number of hydrogen-bond donors (Lipinski definition) is 1. The van der Waals surface area contributed by atoms with Gasteiger partial charge in [-0.25, -0.2) is 0 Å². The highest BCUT2D eigenvalue weighted by atomic mass is 32.1. The molecule has 0 radical (unpaired) electrons. The molecule has 0 saturated carbocycles. The summed E-state index contributed by atoms with van der Waals surface area (Å²) >= 11 is 1.32. The molecule has 1 heterocycles. The van der Waals surface area contributed by atoms with Gasteiger partial charge >= 0.3 is 0 Å². The molecule has 1 N–H and O–H groups in total. The summed E-state index contributed by atoms with van der Waals surface area (Å²) in [5, 5.41) is 12.1. The van der Waals surface area contributed by atoms with Gasteiger partial charge < -0.3 is 9.47 Å². The molecule has 2 aromatic carbocycles. The zero-order chi connectivity index (χ0) is 18.4. The second kappa shape index (κ2) is 8.44. The number of carbonyl (C=O) groups is 1. The third kappa shape index (κ3) is 4.37. The van der Waals surface area contributed by atoms with Crippen LogP contribution in [-0.2, 0) is 0 Å². The fourth-order valence-electron chi connectivity index (χ4n) is 2.22. The van der Waals surface area contributed by atoms with Crippen LogP contribution in [0.3, 0.4) is 0 Å². The summed E-state index contributed by atoms with van der Waals surface area (Å²) < 4.78 is 10.7. The highest BCUT2D eigenvalue weighted by molar-refractivity contribution is 7.18. The van der Waals surface area contributed by atoms with Gasteiger partial charge in [0.1, 0.15) is 16.5 Å². The summed E-state index contributed by atoms with van der Waals surface area (Å²) in [5.74, 6) is 1.30. The molecule has 3 aromatic rings. The lowest BCUT2D eigenvalue weighted by atomic mass is 10.2. The van der Waals surface area contributed by atoms with Crippen LogP contribution in [0.4, 0.5) is 5.13 Å². The van der Waals surface area contributed by atoms with Gasteiger partial charge in [0.05, 0.1) is 13.7 Å². The molecule has 1 amide bonds. The first kappa shape index (κ1) is 17.9. The lowest BCUT2D eigenvalue weighted by molar-refractivity contribution is 0.102. The number of hydrogen-bond acceptors (Lipinski definition) is 6. The van der Waals surface area contributed by atoms with E-state index in [9.17, 15) is 4.79 Å². The first-order valence-corrected chi connectivity index (χ1v) is 9.03. The van der Waals surface area contributed by atoms with E-state index >= 15 is 0 Å². The van der Waals surface area contributed by atoms with Crippen LogP contribution in [0.25, 0.3) is 10.6 Å². The molecule has 6 nitrogen and oxygen atoms in total. The molecule has 0 saturated heterocycles. The van der Waals surface area contributed by atoms with Gasteiger partial charge in [-0.3, -0.25) is 10.1 Å². The van der Waals surface area contributed by atoms with Crippen LogP contribution < -0.4 is 14.8 Å². The fourth-order valence-corrected chi connectivity index (χ4v) is 2.96. The Morgan fingerprint density at radius 2 is 1.73 bits per heavy atom. The van der Waals surface area contributed by atoms with Gasteiger partial charge in [0, 0.05) is 11.1 Å². The Labute approximate surface area is 155 Å². The van der Waals surface area contributed by atoms with Gasteiger partial charge in [-0.2, -0.15) is 0 Å². The highest BCUT2D eigenvalue weighted by Crippen LogP contribution is 2.28. The zero-order valence-corrected chi connectivity index (χ0v) is 15.4. The molecule has 0 spiro atoms. The molecular formula is C19H19N3O3S. The Kier molecular flexibility index (Phi) is 5.80. The van der Waals surface area contributed by atoms with E-state index in [-0.39, 0.29) is 5.91 Å².